The van der Waals surface area contributed by atoms with Crippen LogP contribution in [0.5, 0.6) is 0 Å². The first-order valence-electron chi connectivity index (χ1n) is 8.20. The molecule has 0 radical (unpaired) electrons. The zero-order valence-corrected chi connectivity index (χ0v) is 14.8. The zero-order chi connectivity index (χ0) is 18.6. The van der Waals surface area contributed by atoms with Gasteiger partial charge in [0, 0.05) is 11.1 Å². The fourth-order valence-electron chi connectivity index (χ4n) is 2.64. The molecule has 1 N–H and O–H groups in total. The van der Waals surface area contributed by atoms with Crippen molar-refractivity contribution >= 4 is 17.2 Å². The van der Waals surface area contributed by atoms with Crippen LogP contribution in [-0.2, 0) is 0 Å². The lowest BCUT2D eigenvalue weighted by Crippen LogP contribution is -2.29. The third kappa shape index (κ3) is 3.63. The molecule has 7 heteroatoms. The Labute approximate surface area is 158 Å². The molecule has 0 fully saturated rings. The minimum atomic E-state index is -0.897. The van der Waals surface area contributed by atoms with Crippen molar-refractivity contribution in [2.24, 2.45) is 0 Å². The summed E-state index contributed by atoms with van der Waals surface area (Å²) in [6.45, 7) is 0. The maximum Gasteiger partial charge on any atom is 0.262 e. The van der Waals surface area contributed by atoms with Gasteiger partial charge in [0.05, 0.1) is 4.88 Å². The Hall–Kier alpha value is -3.32. The van der Waals surface area contributed by atoms with Crippen LogP contribution < -0.4 is 5.32 Å². The first-order chi connectivity index (χ1) is 13.2. The topological polar surface area (TPSA) is 68.0 Å². The zero-order valence-electron chi connectivity index (χ0n) is 14.0. The van der Waals surface area contributed by atoms with Crippen molar-refractivity contribution < 1.29 is 13.6 Å². The Kier molecular flexibility index (Phi) is 4.76. The molecule has 0 bridgehead atoms. The van der Waals surface area contributed by atoms with Crippen molar-refractivity contribution in [3.8, 4) is 11.5 Å². The monoisotopic (exact) mass is 379 g/mol. The molecule has 1 atom stereocenters. The Balaban J connectivity index is 1.71. The summed E-state index contributed by atoms with van der Waals surface area (Å²) >= 11 is 1.30. The largest absolute Gasteiger partial charge is 0.418 e. The fourth-order valence-corrected chi connectivity index (χ4v) is 3.27. The Morgan fingerprint density at radius 3 is 2.52 bits per heavy atom. The summed E-state index contributed by atoms with van der Waals surface area (Å²) in [5.74, 6) is -0.382. The van der Waals surface area contributed by atoms with Gasteiger partial charge in [0.1, 0.15) is 11.9 Å². The molecule has 5 nitrogen and oxygen atoms in total. The number of amides is 1. The van der Waals surface area contributed by atoms with E-state index in [2.05, 4.69) is 15.5 Å². The van der Waals surface area contributed by atoms with E-state index in [0.29, 0.717) is 10.8 Å². The van der Waals surface area contributed by atoms with Gasteiger partial charge in [-0.2, -0.15) is 0 Å². The van der Waals surface area contributed by atoms with E-state index < -0.39 is 11.9 Å². The van der Waals surface area contributed by atoms with Crippen molar-refractivity contribution in [1.82, 2.24) is 15.5 Å². The fraction of sp³-hybridized carbons (Fsp3) is 0.0500. The average Bonchev–Trinajstić information content (AvgIpc) is 3.40. The maximum atomic E-state index is 14.4. The number of hydrogen-bond acceptors (Lipinski definition) is 5. The quantitative estimate of drug-likeness (QED) is 0.556. The summed E-state index contributed by atoms with van der Waals surface area (Å²) in [6.07, 6.45) is 0. The summed E-state index contributed by atoms with van der Waals surface area (Å²) < 4.78 is 20.2. The highest BCUT2D eigenvalue weighted by Crippen LogP contribution is 2.27. The number of rotatable bonds is 5. The molecule has 0 aliphatic rings. The van der Waals surface area contributed by atoms with Crippen LogP contribution in [0.1, 0.15) is 27.2 Å². The molecule has 2 heterocycles. The molecule has 1 amide bonds. The molecule has 0 saturated heterocycles. The molecular weight excluding hydrogens is 365 g/mol. The predicted octanol–water partition coefficient (Wildman–Crippen LogP) is 4.46. The first kappa shape index (κ1) is 17.1. The molecule has 0 spiro atoms. The molecule has 0 unspecified atom stereocenters. The molecule has 0 aliphatic heterocycles. The van der Waals surface area contributed by atoms with Gasteiger partial charge in [0.15, 0.2) is 0 Å². The van der Waals surface area contributed by atoms with Crippen LogP contribution in [0.2, 0.25) is 0 Å². The van der Waals surface area contributed by atoms with Gasteiger partial charge in [-0.25, -0.2) is 4.39 Å². The van der Waals surface area contributed by atoms with E-state index in [4.69, 9.17) is 4.42 Å². The minimum absolute atomic E-state index is 0.115. The predicted molar refractivity (Wildman–Crippen MR) is 99.8 cm³/mol. The van der Waals surface area contributed by atoms with Gasteiger partial charge in [-0.15, -0.1) is 21.5 Å². The molecule has 4 rings (SSSR count). The third-order valence-corrected chi connectivity index (χ3v) is 4.81. The standard InChI is InChI=1S/C20H14FN3O2S/c21-15-10-5-4-9-14(15)17(22-18(25)16-11-6-12-27-16)20-24-23-19(26-20)13-7-2-1-3-8-13/h1-12,17H,(H,22,25)/t17-/m1/s1. The summed E-state index contributed by atoms with van der Waals surface area (Å²) in [6, 6.07) is 18.0. The second-order valence-corrected chi connectivity index (χ2v) is 6.66. The highest BCUT2D eigenvalue weighted by Gasteiger charge is 2.26. The Bertz CT molecular complexity index is 1050. The van der Waals surface area contributed by atoms with E-state index in [9.17, 15) is 9.18 Å². The Morgan fingerprint density at radius 1 is 1.00 bits per heavy atom. The van der Waals surface area contributed by atoms with E-state index in [1.165, 1.54) is 17.4 Å². The highest BCUT2D eigenvalue weighted by atomic mass is 32.1. The highest BCUT2D eigenvalue weighted by molar-refractivity contribution is 7.12. The molecular formula is C20H14FN3O2S. The molecule has 0 saturated carbocycles. The van der Waals surface area contributed by atoms with Crippen LogP contribution in [0.4, 0.5) is 4.39 Å². The molecule has 2 aromatic carbocycles. The maximum absolute atomic E-state index is 14.4. The van der Waals surface area contributed by atoms with Gasteiger partial charge in [-0.1, -0.05) is 42.5 Å². The first-order valence-corrected chi connectivity index (χ1v) is 9.08. The number of nitrogens with one attached hydrogen (secondary N) is 1. The third-order valence-electron chi connectivity index (χ3n) is 3.94. The average molecular weight is 379 g/mol. The number of halogens is 1. The minimum Gasteiger partial charge on any atom is -0.418 e. The van der Waals surface area contributed by atoms with E-state index in [0.717, 1.165) is 5.56 Å². The lowest BCUT2D eigenvalue weighted by molar-refractivity contribution is 0.0941. The van der Waals surface area contributed by atoms with Gasteiger partial charge >= 0.3 is 0 Å². The van der Waals surface area contributed by atoms with E-state index >= 15 is 0 Å². The van der Waals surface area contributed by atoms with Gasteiger partial charge in [-0.3, -0.25) is 4.79 Å². The van der Waals surface area contributed by atoms with Gasteiger partial charge in [-0.05, 0) is 29.6 Å². The summed E-state index contributed by atoms with van der Waals surface area (Å²) in [4.78, 5) is 13.1. The van der Waals surface area contributed by atoms with E-state index in [-0.39, 0.29) is 17.4 Å². The van der Waals surface area contributed by atoms with Crippen molar-refractivity contribution in [2.75, 3.05) is 0 Å². The number of thiophene rings is 1. The van der Waals surface area contributed by atoms with Gasteiger partial charge in [0.2, 0.25) is 11.8 Å². The number of nitrogens with zero attached hydrogens (tertiary/aromatic N) is 2. The SMILES string of the molecule is O=C(N[C@@H](c1nnc(-c2ccccc2)o1)c1ccccc1F)c1cccs1. The summed E-state index contributed by atoms with van der Waals surface area (Å²) in [5.41, 5.74) is 0.999. The normalized spacial score (nSPS) is 11.9. The smallest absolute Gasteiger partial charge is 0.262 e. The molecule has 134 valence electrons. The van der Waals surface area contributed by atoms with Crippen LogP contribution in [0.15, 0.2) is 76.5 Å². The van der Waals surface area contributed by atoms with E-state index in [1.54, 1.807) is 35.7 Å². The van der Waals surface area contributed by atoms with Gasteiger partial charge < -0.3 is 9.73 Å². The number of hydrogen-bond donors (Lipinski definition) is 1. The van der Waals surface area contributed by atoms with Crippen molar-refractivity contribution in [3.63, 3.8) is 0 Å². The number of aromatic nitrogens is 2. The Morgan fingerprint density at radius 2 is 1.78 bits per heavy atom. The van der Waals surface area contributed by atoms with Crippen molar-refractivity contribution in [1.29, 1.82) is 0 Å². The second-order valence-electron chi connectivity index (χ2n) is 5.72. The number of benzene rings is 2. The molecule has 4 aromatic rings. The van der Waals surface area contributed by atoms with Gasteiger partial charge in [0.25, 0.3) is 5.91 Å². The second kappa shape index (κ2) is 7.51. The molecule has 0 aliphatic carbocycles. The van der Waals surface area contributed by atoms with Crippen LogP contribution in [0, 0.1) is 5.82 Å². The van der Waals surface area contributed by atoms with Crippen LogP contribution in [0.25, 0.3) is 11.5 Å². The van der Waals surface area contributed by atoms with Crippen molar-refractivity contribution in [3.05, 3.63) is 94.3 Å². The number of carbonyl (C=O) groups excluding carboxylic acids is 1. The van der Waals surface area contributed by atoms with Crippen molar-refractivity contribution in [2.45, 2.75) is 6.04 Å². The summed E-state index contributed by atoms with van der Waals surface area (Å²) in [5, 5.41) is 12.7. The lowest BCUT2D eigenvalue weighted by Gasteiger charge is -2.16. The van der Waals surface area contributed by atoms with Crippen LogP contribution >= 0.6 is 11.3 Å². The number of carbonyl (C=O) groups is 1. The van der Waals surface area contributed by atoms with Crippen LogP contribution in [-0.4, -0.2) is 16.1 Å². The van der Waals surface area contributed by atoms with Crippen LogP contribution in [0.3, 0.4) is 0 Å². The summed E-state index contributed by atoms with van der Waals surface area (Å²) in [7, 11) is 0. The van der Waals surface area contributed by atoms with E-state index in [1.807, 2.05) is 30.3 Å². The molecule has 2 aromatic heterocycles. The molecule has 27 heavy (non-hydrogen) atoms. The lowest BCUT2D eigenvalue weighted by atomic mass is 10.1.